The second kappa shape index (κ2) is 6.00. The standard InChI is InChI=1S/C14H19BN4O3/c1-13(2)14(3,4)22-15(21-13)10-6-5-7-11(8-10)18-12(20)9-17-19-16/h5-8H,9H2,1-4H3,(H,18,20). The van der Waals surface area contributed by atoms with E-state index in [2.05, 4.69) is 15.3 Å². The predicted molar refractivity (Wildman–Crippen MR) is 84.8 cm³/mol. The van der Waals surface area contributed by atoms with E-state index in [0.717, 1.165) is 5.46 Å². The van der Waals surface area contributed by atoms with Gasteiger partial charge in [0.25, 0.3) is 0 Å². The largest absolute Gasteiger partial charge is 0.494 e. The Kier molecular flexibility index (Phi) is 4.46. The van der Waals surface area contributed by atoms with E-state index in [1.807, 2.05) is 39.8 Å². The van der Waals surface area contributed by atoms with Gasteiger partial charge >= 0.3 is 7.12 Å². The second-order valence-corrected chi connectivity index (χ2v) is 6.15. The van der Waals surface area contributed by atoms with Crippen molar-refractivity contribution >= 4 is 24.2 Å². The molecular weight excluding hydrogens is 283 g/mol. The van der Waals surface area contributed by atoms with Crippen LogP contribution in [0.1, 0.15) is 27.7 Å². The van der Waals surface area contributed by atoms with Crippen molar-refractivity contribution in [1.29, 1.82) is 0 Å². The molecule has 1 saturated heterocycles. The Labute approximate surface area is 129 Å². The first kappa shape index (κ1) is 16.4. The minimum Gasteiger partial charge on any atom is -0.399 e. The second-order valence-electron chi connectivity index (χ2n) is 6.15. The van der Waals surface area contributed by atoms with Crippen LogP contribution < -0.4 is 10.8 Å². The number of rotatable bonds is 4. The third-order valence-electron chi connectivity index (χ3n) is 3.97. The highest BCUT2D eigenvalue weighted by Crippen LogP contribution is 2.36. The van der Waals surface area contributed by atoms with E-state index in [1.54, 1.807) is 12.1 Å². The van der Waals surface area contributed by atoms with Crippen molar-refractivity contribution in [3.05, 3.63) is 34.7 Å². The maximum absolute atomic E-state index is 11.6. The first-order chi connectivity index (χ1) is 10.2. The van der Waals surface area contributed by atoms with Gasteiger partial charge in [-0.2, -0.15) is 0 Å². The van der Waals surface area contributed by atoms with Crippen molar-refractivity contribution < 1.29 is 14.1 Å². The number of nitrogens with zero attached hydrogens (tertiary/aromatic N) is 3. The predicted octanol–water partition coefficient (Wildman–Crippen LogP) is 2.23. The van der Waals surface area contributed by atoms with Gasteiger partial charge in [0.1, 0.15) is 6.54 Å². The fourth-order valence-corrected chi connectivity index (χ4v) is 2.04. The zero-order valence-electron chi connectivity index (χ0n) is 13.2. The quantitative estimate of drug-likeness (QED) is 0.400. The number of anilines is 1. The Bertz CT molecular complexity index is 610. The van der Waals surface area contributed by atoms with E-state index in [0.29, 0.717) is 5.69 Å². The lowest BCUT2D eigenvalue weighted by Crippen LogP contribution is -2.41. The number of azide groups is 1. The molecule has 1 fully saturated rings. The molecule has 0 atom stereocenters. The lowest BCUT2D eigenvalue weighted by Gasteiger charge is -2.32. The molecule has 1 N–H and O–H groups in total. The van der Waals surface area contributed by atoms with Gasteiger partial charge in [0.05, 0.1) is 11.2 Å². The van der Waals surface area contributed by atoms with Crippen molar-refractivity contribution in [2.24, 2.45) is 5.11 Å². The molecule has 1 aromatic carbocycles. The molecule has 0 bridgehead atoms. The van der Waals surface area contributed by atoms with E-state index in [4.69, 9.17) is 14.8 Å². The van der Waals surface area contributed by atoms with Crippen LogP contribution in [-0.4, -0.2) is 30.8 Å². The third kappa shape index (κ3) is 3.41. The number of carbonyl (C=O) groups is 1. The van der Waals surface area contributed by atoms with Gasteiger partial charge in [-0.3, -0.25) is 4.79 Å². The summed E-state index contributed by atoms with van der Waals surface area (Å²) in [4.78, 5) is 14.1. The van der Waals surface area contributed by atoms with Crippen LogP contribution in [0.2, 0.25) is 0 Å². The average Bonchev–Trinajstić information content (AvgIpc) is 2.65. The summed E-state index contributed by atoms with van der Waals surface area (Å²) in [5, 5.41) is 5.89. The Morgan fingerprint density at radius 3 is 2.55 bits per heavy atom. The molecule has 116 valence electrons. The highest BCUT2D eigenvalue weighted by molar-refractivity contribution is 6.62. The van der Waals surface area contributed by atoms with E-state index in [9.17, 15) is 4.79 Å². The van der Waals surface area contributed by atoms with E-state index >= 15 is 0 Å². The fourth-order valence-electron chi connectivity index (χ4n) is 2.04. The van der Waals surface area contributed by atoms with Crippen molar-refractivity contribution in [1.82, 2.24) is 0 Å². The van der Waals surface area contributed by atoms with Crippen LogP contribution in [0.5, 0.6) is 0 Å². The van der Waals surface area contributed by atoms with Gasteiger partial charge in [-0.15, -0.1) is 0 Å². The highest BCUT2D eigenvalue weighted by Gasteiger charge is 2.51. The zero-order chi connectivity index (χ0) is 16.4. The van der Waals surface area contributed by atoms with Crippen LogP contribution in [0.4, 0.5) is 5.69 Å². The van der Waals surface area contributed by atoms with Crippen LogP contribution in [0.25, 0.3) is 10.4 Å². The number of amides is 1. The molecule has 0 unspecified atom stereocenters. The first-order valence-corrected chi connectivity index (χ1v) is 7.01. The molecule has 0 saturated carbocycles. The molecule has 1 aliphatic heterocycles. The van der Waals surface area contributed by atoms with E-state index < -0.39 is 18.3 Å². The van der Waals surface area contributed by atoms with Crippen molar-refractivity contribution in [3.8, 4) is 0 Å². The summed E-state index contributed by atoms with van der Waals surface area (Å²) in [6.07, 6.45) is 0. The van der Waals surface area contributed by atoms with E-state index in [-0.39, 0.29) is 12.5 Å². The van der Waals surface area contributed by atoms with Crippen molar-refractivity contribution in [2.45, 2.75) is 38.9 Å². The summed E-state index contributed by atoms with van der Waals surface area (Å²) in [5.74, 6) is -0.371. The topological polar surface area (TPSA) is 96.3 Å². The smallest absolute Gasteiger partial charge is 0.399 e. The van der Waals surface area contributed by atoms with Gasteiger partial charge in [0.15, 0.2) is 0 Å². The zero-order valence-corrected chi connectivity index (χ0v) is 13.2. The third-order valence-corrected chi connectivity index (χ3v) is 3.97. The fraction of sp³-hybridized carbons (Fsp3) is 0.500. The van der Waals surface area contributed by atoms with Crippen molar-refractivity contribution in [3.63, 3.8) is 0 Å². The highest BCUT2D eigenvalue weighted by atomic mass is 16.7. The minimum absolute atomic E-state index is 0.239. The van der Waals surface area contributed by atoms with Crippen LogP contribution >= 0.6 is 0 Å². The SMILES string of the molecule is CC1(C)OB(c2cccc(NC(=O)CN=[N+]=[N-])c2)OC1(C)C. The molecule has 1 aromatic rings. The molecule has 7 nitrogen and oxygen atoms in total. The molecule has 0 aliphatic carbocycles. The summed E-state index contributed by atoms with van der Waals surface area (Å²) < 4.78 is 11.9. The van der Waals surface area contributed by atoms with E-state index in [1.165, 1.54) is 0 Å². The maximum Gasteiger partial charge on any atom is 0.494 e. The summed E-state index contributed by atoms with van der Waals surface area (Å²) in [6.45, 7) is 7.70. The van der Waals surface area contributed by atoms with Gasteiger partial charge in [-0.1, -0.05) is 17.2 Å². The summed E-state index contributed by atoms with van der Waals surface area (Å²) >= 11 is 0. The van der Waals surface area contributed by atoms with Crippen LogP contribution in [-0.2, 0) is 14.1 Å². The molecule has 8 heteroatoms. The summed E-state index contributed by atoms with van der Waals surface area (Å²) in [7, 11) is -0.487. The van der Waals surface area contributed by atoms with Gasteiger partial charge in [-0.05, 0) is 50.8 Å². The Morgan fingerprint density at radius 2 is 1.95 bits per heavy atom. The van der Waals surface area contributed by atoms with Crippen LogP contribution in [0, 0.1) is 0 Å². The number of hydrogen-bond acceptors (Lipinski definition) is 4. The van der Waals surface area contributed by atoms with Gasteiger partial charge in [0, 0.05) is 10.6 Å². The normalized spacial score (nSPS) is 18.6. The lowest BCUT2D eigenvalue weighted by atomic mass is 9.79. The summed E-state index contributed by atoms with van der Waals surface area (Å²) in [6, 6.07) is 7.23. The molecule has 2 rings (SSSR count). The molecular formula is C14H19BN4O3. The van der Waals surface area contributed by atoms with Crippen LogP contribution in [0.3, 0.4) is 0 Å². The molecule has 22 heavy (non-hydrogen) atoms. The molecule has 0 spiro atoms. The molecule has 1 amide bonds. The van der Waals surface area contributed by atoms with Crippen LogP contribution in [0.15, 0.2) is 29.4 Å². The van der Waals surface area contributed by atoms with Crippen molar-refractivity contribution in [2.75, 3.05) is 11.9 Å². The first-order valence-electron chi connectivity index (χ1n) is 7.01. The Balaban J connectivity index is 2.13. The van der Waals surface area contributed by atoms with Gasteiger partial charge in [-0.25, -0.2) is 0 Å². The number of hydrogen-bond donors (Lipinski definition) is 1. The number of nitrogens with one attached hydrogen (secondary N) is 1. The minimum atomic E-state index is -0.487. The Hall–Kier alpha value is -2.02. The molecule has 1 heterocycles. The maximum atomic E-state index is 11.6. The number of carbonyl (C=O) groups excluding carboxylic acids is 1. The summed E-state index contributed by atoms with van der Waals surface area (Å²) in [5.41, 5.74) is 8.80. The molecule has 1 aliphatic rings. The molecule has 0 aromatic heterocycles. The Morgan fingerprint density at radius 1 is 1.32 bits per heavy atom. The lowest BCUT2D eigenvalue weighted by molar-refractivity contribution is -0.114. The van der Waals surface area contributed by atoms with Gasteiger partial charge < -0.3 is 14.6 Å². The average molecular weight is 302 g/mol. The van der Waals surface area contributed by atoms with Gasteiger partial charge in [0.2, 0.25) is 5.91 Å². The number of benzene rings is 1. The molecule has 0 radical (unpaired) electrons. The monoisotopic (exact) mass is 302 g/mol.